The molecule has 0 aliphatic carbocycles. The number of ether oxygens (including phenoxy) is 1. The zero-order valence-corrected chi connectivity index (χ0v) is 13.4. The van der Waals surface area contributed by atoms with Crippen LogP contribution in [0.3, 0.4) is 0 Å². The average Bonchev–Trinajstić information content (AvgIpc) is 2.53. The van der Waals surface area contributed by atoms with Crippen LogP contribution in [0, 0.1) is 0 Å². The zero-order valence-electron chi connectivity index (χ0n) is 13.4. The molecule has 0 unspecified atom stereocenters. The van der Waals surface area contributed by atoms with Crippen LogP contribution in [-0.4, -0.2) is 18.5 Å². The highest BCUT2D eigenvalue weighted by Gasteiger charge is 2.01. The van der Waals surface area contributed by atoms with E-state index in [-0.39, 0.29) is 5.91 Å². The third-order valence-corrected chi connectivity index (χ3v) is 3.24. The first-order valence-electron chi connectivity index (χ1n) is 7.90. The highest BCUT2D eigenvalue weighted by atomic mass is 16.5. The van der Waals surface area contributed by atoms with Crippen LogP contribution in [0.2, 0.25) is 0 Å². The molecule has 1 aromatic carbocycles. The van der Waals surface area contributed by atoms with Crippen LogP contribution in [0.5, 0.6) is 0 Å². The van der Waals surface area contributed by atoms with Gasteiger partial charge < -0.3 is 10.1 Å². The summed E-state index contributed by atoms with van der Waals surface area (Å²) in [7, 11) is 0. The number of rotatable bonds is 9. The van der Waals surface area contributed by atoms with Gasteiger partial charge in [-0.25, -0.2) is 4.79 Å². The van der Waals surface area contributed by atoms with Gasteiger partial charge in [0.25, 0.3) is 0 Å². The van der Waals surface area contributed by atoms with Crippen molar-refractivity contribution < 1.29 is 14.3 Å². The molecule has 0 aliphatic heterocycles. The number of carbonyl (C=O) groups is 2. The molecule has 0 saturated heterocycles. The fourth-order valence-corrected chi connectivity index (χ4v) is 1.90. The lowest BCUT2D eigenvalue weighted by atomic mass is 10.1. The molecule has 0 bridgehead atoms. The van der Waals surface area contributed by atoms with Gasteiger partial charge in [0, 0.05) is 17.8 Å². The first-order valence-corrected chi connectivity index (χ1v) is 7.90. The molecule has 0 aliphatic rings. The van der Waals surface area contributed by atoms with Crippen LogP contribution in [-0.2, 0) is 20.7 Å². The minimum absolute atomic E-state index is 0.341. The van der Waals surface area contributed by atoms with Crippen molar-refractivity contribution in [3.8, 4) is 0 Å². The summed E-state index contributed by atoms with van der Waals surface area (Å²) in [5, 5.41) is 2.70. The molecule has 1 N–H and O–H groups in total. The molecule has 1 aromatic rings. The predicted octanol–water partition coefficient (Wildman–Crippen LogP) is 3.87. The summed E-state index contributed by atoms with van der Waals surface area (Å²) in [6, 6.07) is 7.61. The zero-order chi connectivity index (χ0) is 16.2. The average molecular weight is 303 g/mol. The van der Waals surface area contributed by atoms with E-state index >= 15 is 0 Å². The second-order valence-electron chi connectivity index (χ2n) is 5.10. The highest BCUT2D eigenvalue weighted by molar-refractivity contribution is 6.02. The van der Waals surface area contributed by atoms with Crippen molar-refractivity contribution >= 4 is 17.6 Å². The Morgan fingerprint density at radius 1 is 1.05 bits per heavy atom. The van der Waals surface area contributed by atoms with Gasteiger partial charge in [-0.2, -0.15) is 0 Å². The van der Waals surface area contributed by atoms with Gasteiger partial charge in [-0.05, 0) is 30.5 Å². The number of hydrogen-bond acceptors (Lipinski definition) is 3. The molecule has 22 heavy (non-hydrogen) atoms. The first-order chi connectivity index (χ1) is 10.7. The highest BCUT2D eigenvalue weighted by Crippen LogP contribution is 2.09. The molecule has 0 radical (unpaired) electrons. The molecule has 4 heteroatoms. The lowest BCUT2D eigenvalue weighted by Crippen LogP contribution is -2.09. The molecule has 4 nitrogen and oxygen atoms in total. The number of hydrogen-bond donors (Lipinski definition) is 1. The summed E-state index contributed by atoms with van der Waals surface area (Å²) in [5.41, 5.74) is 1.92. The Balaban J connectivity index is 2.29. The van der Waals surface area contributed by atoms with Crippen molar-refractivity contribution in [3.63, 3.8) is 0 Å². The van der Waals surface area contributed by atoms with Crippen molar-refractivity contribution in [2.24, 2.45) is 0 Å². The third-order valence-electron chi connectivity index (χ3n) is 3.24. The summed E-state index contributed by atoms with van der Waals surface area (Å²) in [6.07, 6.45) is 7.53. The summed E-state index contributed by atoms with van der Waals surface area (Å²) >= 11 is 0. The number of unbranched alkanes of at least 4 members (excludes halogenated alkanes) is 3. The van der Waals surface area contributed by atoms with Crippen molar-refractivity contribution in [3.05, 3.63) is 42.0 Å². The molecule has 1 amide bonds. The molecule has 0 atom stereocenters. The summed E-state index contributed by atoms with van der Waals surface area (Å²) < 4.78 is 5.01. The monoisotopic (exact) mass is 303 g/mol. The largest absolute Gasteiger partial charge is 0.463 e. The van der Waals surface area contributed by atoms with E-state index in [2.05, 4.69) is 19.2 Å². The van der Waals surface area contributed by atoms with Gasteiger partial charge in [-0.1, -0.05) is 45.2 Å². The predicted molar refractivity (Wildman–Crippen MR) is 88.7 cm³/mol. The Morgan fingerprint density at radius 3 is 2.41 bits per heavy atom. The summed E-state index contributed by atoms with van der Waals surface area (Å²) in [5.74, 6) is -0.819. The second kappa shape index (κ2) is 10.6. The van der Waals surface area contributed by atoms with Gasteiger partial charge in [0.2, 0.25) is 5.91 Å². The van der Waals surface area contributed by atoms with E-state index in [0.717, 1.165) is 38.2 Å². The minimum Gasteiger partial charge on any atom is -0.463 e. The van der Waals surface area contributed by atoms with E-state index in [0.29, 0.717) is 12.3 Å². The lowest BCUT2D eigenvalue weighted by molar-refractivity contribution is -0.138. The van der Waals surface area contributed by atoms with Crippen molar-refractivity contribution in [2.45, 2.75) is 46.0 Å². The molecule has 0 aromatic heterocycles. The quantitative estimate of drug-likeness (QED) is 0.428. The fraction of sp³-hybridized carbons (Fsp3) is 0.444. The van der Waals surface area contributed by atoms with Crippen LogP contribution in [0.15, 0.2) is 36.4 Å². The van der Waals surface area contributed by atoms with Crippen LogP contribution in [0.4, 0.5) is 5.69 Å². The normalized spacial score (nSPS) is 10.6. The molecular formula is C18H25NO3. The Bertz CT molecular complexity index is 492. The Kier molecular flexibility index (Phi) is 8.65. The van der Waals surface area contributed by atoms with E-state index in [1.165, 1.54) is 11.6 Å². The van der Waals surface area contributed by atoms with E-state index in [1.807, 2.05) is 24.3 Å². The molecule has 1 rings (SSSR count). The molecule has 0 spiro atoms. The number of benzene rings is 1. The van der Waals surface area contributed by atoms with Gasteiger partial charge >= 0.3 is 5.97 Å². The van der Waals surface area contributed by atoms with Crippen LogP contribution >= 0.6 is 0 Å². The molecule has 120 valence electrons. The lowest BCUT2D eigenvalue weighted by Gasteiger charge is -2.03. The van der Waals surface area contributed by atoms with Gasteiger partial charge in [0.1, 0.15) is 0 Å². The van der Waals surface area contributed by atoms with Crippen molar-refractivity contribution in [2.75, 3.05) is 11.9 Å². The summed E-state index contributed by atoms with van der Waals surface area (Å²) in [4.78, 5) is 23.1. The fourth-order valence-electron chi connectivity index (χ4n) is 1.90. The van der Waals surface area contributed by atoms with Crippen molar-refractivity contribution in [1.29, 1.82) is 0 Å². The third kappa shape index (κ3) is 7.62. The number of aryl methyl sites for hydroxylation is 1. The smallest absolute Gasteiger partial charge is 0.330 e. The van der Waals surface area contributed by atoms with E-state index in [4.69, 9.17) is 4.74 Å². The number of carbonyl (C=O) groups excluding carboxylic acids is 2. The minimum atomic E-state index is -0.479. The summed E-state index contributed by atoms with van der Waals surface area (Å²) in [6.45, 7) is 4.61. The maximum atomic E-state index is 11.7. The van der Waals surface area contributed by atoms with Crippen molar-refractivity contribution in [1.82, 2.24) is 0 Å². The number of amides is 1. The number of esters is 1. The van der Waals surface area contributed by atoms with Crippen LogP contribution in [0.25, 0.3) is 0 Å². The SMILES string of the molecule is CCCCCCOC(=O)/C=C/C(=O)Nc1ccc(CC)cc1. The van der Waals surface area contributed by atoms with E-state index in [9.17, 15) is 9.59 Å². The topological polar surface area (TPSA) is 55.4 Å². The van der Waals surface area contributed by atoms with E-state index < -0.39 is 5.97 Å². The van der Waals surface area contributed by atoms with Gasteiger partial charge in [0.15, 0.2) is 0 Å². The molecular weight excluding hydrogens is 278 g/mol. The Hall–Kier alpha value is -2.10. The Labute approximate surface area is 132 Å². The number of nitrogens with one attached hydrogen (secondary N) is 1. The molecule has 0 fully saturated rings. The van der Waals surface area contributed by atoms with Gasteiger partial charge in [0.05, 0.1) is 6.61 Å². The van der Waals surface area contributed by atoms with Crippen LogP contribution < -0.4 is 5.32 Å². The molecule has 0 saturated carbocycles. The maximum Gasteiger partial charge on any atom is 0.330 e. The van der Waals surface area contributed by atoms with Gasteiger partial charge in [-0.15, -0.1) is 0 Å². The molecule has 0 heterocycles. The number of anilines is 1. The Morgan fingerprint density at radius 2 is 1.77 bits per heavy atom. The van der Waals surface area contributed by atoms with E-state index in [1.54, 1.807) is 0 Å². The van der Waals surface area contributed by atoms with Gasteiger partial charge in [-0.3, -0.25) is 4.79 Å². The maximum absolute atomic E-state index is 11.7. The first kappa shape index (κ1) is 18.0. The van der Waals surface area contributed by atoms with Crippen LogP contribution in [0.1, 0.15) is 45.1 Å². The second-order valence-corrected chi connectivity index (χ2v) is 5.10. The standard InChI is InChI=1S/C18H25NO3/c1-3-5-6-7-14-22-18(21)13-12-17(20)19-16-10-8-15(4-2)9-11-16/h8-13H,3-7,14H2,1-2H3,(H,19,20)/b13-12+.